The normalized spacial score (nSPS) is 7.78. The number of esters is 1. The predicted octanol–water partition coefficient (Wildman–Crippen LogP) is 0.433. The van der Waals surface area contributed by atoms with Crippen molar-refractivity contribution in [1.29, 1.82) is 0 Å². The SMILES string of the molecule is CCCCOC(C)=O.[PbH2]. The van der Waals surface area contributed by atoms with Crippen LogP contribution in [-0.4, -0.2) is 39.9 Å². The quantitative estimate of drug-likeness (QED) is 0.427. The third-order valence-corrected chi connectivity index (χ3v) is 0.803. The van der Waals surface area contributed by atoms with Crippen molar-refractivity contribution in [2.24, 2.45) is 0 Å². The average Bonchev–Trinajstić information content (AvgIpc) is 1.66. The zero-order valence-electron chi connectivity index (χ0n) is 6.14. The molecule has 0 bridgehead atoms. The van der Waals surface area contributed by atoms with Crippen LogP contribution in [0, 0.1) is 0 Å². The molecule has 0 saturated carbocycles. The summed E-state index contributed by atoms with van der Waals surface area (Å²) in [5, 5.41) is 0. The van der Waals surface area contributed by atoms with Gasteiger partial charge in [-0.3, -0.25) is 4.79 Å². The number of unbranched alkanes of at least 4 members (excludes halogenated alkanes) is 1. The van der Waals surface area contributed by atoms with Crippen molar-refractivity contribution in [2.45, 2.75) is 26.7 Å². The number of carbonyl (C=O) groups is 1. The van der Waals surface area contributed by atoms with Crippen LogP contribution in [0.2, 0.25) is 0 Å². The molecule has 2 radical (unpaired) electrons. The molecule has 0 aromatic rings. The molecule has 0 amide bonds. The van der Waals surface area contributed by atoms with E-state index in [0.717, 1.165) is 12.8 Å². The number of rotatable bonds is 3. The summed E-state index contributed by atoms with van der Waals surface area (Å²) >= 11 is 0. The molecule has 0 aliphatic rings. The van der Waals surface area contributed by atoms with Gasteiger partial charge in [0.05, 0.1) is 6.61 Å². The van der Waals surface area contributed by atoms with Crippen LogP contribution < -0.4 is 0 Å². The maximum atomic E-state index is 10.1. The second-order valence-corrected chi connectivity index (χ2v) is 1.69. The van der Waals surface area contributed by atoms with Gasteiger partial charge in [0.2, 0.25) is 0 Å². The zero-order valence-corrected chi connectivity index (χ0v) is 11.6. The summed E-state index contributed by atoms with van der Waals surface area (Å²) < 4.78 is 4.64. The topological polar surface area (TPSA) is 26.3 Å². The van der Waals surface area contributed by atoms with Gasteiger partial charge in [-0.25, -0.2) is 0 Å². The van der Waals surface area contributed by atoms with E-state index in [9.17, 15) is 4.79 Å². The summed E-state index contributed by atoms with van der Waals surface area (Å²) in [6.07, 6.45) is 2.05. The fraction of sp³-hybridized carbons (Fsp3) is 0.833. The van der Waals surface area contributed by atoms with Crippen LogP contribution in [0.25, 0.3) is 0 Å². The fourth-order valence-electron chi connectivity index (χ4n) is 0.360. The van der Waals surface area contributed by atoms with E-state index in [1.807, 2.05) is 0 Å². The molecule has 3 heteroatoms. The first-order valence-corrected chi connectivity index (χ1v) is 2.90. The van der Waals surface area contributed by atoms with E-state index < -0.39 is 0 Å². The molecule has 9 heavy (non-hydrogen) atoms. The Balaban J connectivity index is 0. The molecule has 0 aromatic carbocycles. The van der Waals surface area contributed by atoms with Gasteiger partial charge in [-0.1, -0.05) is 13.3 Å². The minimum absolute atomic E-state index is 0. The van der Waals surface area contributed by atoms with Gasteiger partial charge in [-0.15, -0.1) is 0 Å². The van der Waals surface area contributed by atoms with Crippen LogP contribution in [0.1, 0.15) is 26.7 Å². The second-order valence-electron chi connectivity index (χ2n) is 1.69. The van der Waals surface area contributed by atoms with Crippen molar-refractivity contribution in [1.82, 2.24) is 0 Å². The molecule has 0 aliphatic heterocycles. The number of ether oxygens (including phenoxy) is 1. The Morgan fingerprint density at radius 3 is 2.44 bits per heavy atom. The molecule has 0 fully saturated rings. The molecule has 0 aliphatic carbocycles. The van der Waals surface area contributed by atoms with Gasteiger partial charge in [0.25, 0.3) is 0 Å². The van der Waals surface area contributed by atoms with Crippen LogP contribution in [-0.2, 0) is 9.53 Å². The molecule has 0 atom stereocenters. The molecule has 0 unspecified atom stereocenters. The summed E-state index contributed by atoms with van der Waals surface area (Å²) in [7, 11) is 0. The van der Waals surface area contributed by atoms with Crippen LogP contribution in [0.15, 0.2) is 0 Å². The summed E-state index contributed by atoms with van der Waals surface area (Å²) in [6.45, 7) is 4.06. The Morgan fingerprint density at radius 2 is 2.11 bits per heavy atom. The van der Waals surface area contributed by atoms with Gasteiger partial charge in [0.1, 0.15) is 0 Å². The van der Waals surface area contributed by atoms with E-state index in [4.69, 9.17) is 0 Å². The molecule has 54 valence electrons. The second kappa shape index (κ2) is 8.39. The Morgan fingerprint density at radius 1 is 1.56 bits per heavy atom. The Hall–Kier alpha value is 0.392. The summed E-state index contributed by atoms with van der Waals surface area (Å²) in [5.41, 5.74) is 0. The van der Waals surface area contributed by atoms with E-state index >= 15 is 0 Å². The molecule has 0 N–H and O–H groups in total. The van der Waals surface area contributed by atoms with Gasteiger partial charge < -0.3 is 4.74 Å². The molecular weight excluding hydrogens is 311 g/mol. The Labute approximate surface area is 76.1 Å². The van der Waals surface area contributed by atoms with Gasteiger partial charge in [-0.05, 0) is 6.42 Å². The Bertz CT molecular complexity index is 73.5. The van der Waals surface area contributed by atoms with E-state index in [2.05, 4.69) is 11.7 Å². The van der Waals surface area contributed by atoms with Crippen molar-refractivity contribution >= 4 is 33.3 Å². The van der Waals surface area contributed by atoms with Gasteiger partial charge in [0, 0.05) is 6.92 Å². The number of hydrogen-bond donors (Lipinski definition) is 0. The van der Waals surface area contributed by atoms with Gasteiger partial charge >= 0.3 is 33.3 Å². The van der Waals surface area contributed by atoms with Crippen molar-refractivity contribution in [2.75, 3.05) is 6.61 Å². The number of hydrogen-bond acceptors (Lipinski definition) is 2. The molecule has 2 nitrogen and oxygen atoms in total. The van der Waals surface area contributed by atoms with Crippen molar-refractivity contribution in [3.8, 4) is 0 Å². The minimum atomic E-state index is -0.182. The fourth-order valence-corrected chi connectivity index (χ4v) is 0.360. The first kappa shape index (κ1) is 12.1. The van der Waals surface area contributed by atoms with Crippen molar-refractivity contribution < 1.29 is 9.53 Å². The molecule has 0 spiro atoms. The molecule has 0 rings (SSSR count). The molecule has 0 aromatic heterocycles. The van der Waals surface area contributed by atoms with E-state index in [1.54, 1.807) is 0 Å². The molecule has 0 heterocycles. The van der Waals surface area contributed by atoms with Crippen molar-refractivity contribution in [3.05, 3.63) is 0 Å². The Kier molecular flexibility index (Phi) is 11.3. The van der Waals surface area contributed by atoms with Crippen LogP contribution in [0.3, 0.4) is 0 Å². The van der Waals surface area contributed by atoms with E-state index in [1.165, 1.54) is 6.92 Å². The molecular formula is C6H14O2Pb. The maximum absolute atomic E-state index is 10.1. The first-order valence-electron chi connectivity index (χ1n) is 2.90. The standard InChI is InChI=1S/C6H12O2.Pb.2H/c1-3-4-5-8-6(2)7;;;/h3-5H2,1-2H3;;;. The third-order valence-electron chi connectivity index (χ3n) is 0.803. The summed E-state index contributed by atoms with van der Waals surface area (Å²) in [5.74, 6) is -0.182. The average molecular weight is 325 g/mol. The third kappa shape index (κ3) is 11.8. The monoisotopic (exact) mass is 326 g/mol. The van der Waals surface area contributed by atoms with Crippen LogP contribution >= 0.6 is 0 Å². The molecule has 0 saturated heterocycles. The zero-order chi connectivity index (χ0) is 6.41. The number of carbonyl (C=O) groups excluding carboxylic acids is 1. The van der Waals surface area contributed by atoms with E-state index in [0.29, 0.717) is 6.61 Å². The van der Waals surface area contributed by atoms with Crippen molar-refractivity contribution in [3.63, 3.8) is 0 Å². The van der Waals surface area contributed by atoms with Gasteiger partial charge in [0.15, 0.2) is 0 Å². The van der Waals surface area contributed by atoms with Gasteiger partial charge in [-0.2, -0.15) is 0 Å². The first-order chi connectivity index (χ1) is 3.77. The summed E-state index contributed by atoms with van der Waals surface area (Å²) in [4.78, 5) is 10.1. The van der Waals surface area contributed by atoms with E-state index in [-0.39, 0.29) is 33.3 Å². The predicted molar refractivity (Wildman–Crippen MR) is 40.1 cm³/mol. The van der Waals surface area contributed by atoms with Crippen LogP contribution in [0.4, 0.5) is 0 Å². The summed E-state index contributed by atoms with van der Waals surface area (Å²) in [6, 6.07) is 0. The van der Waals surface area contributed by atoms with Crippen LogP contribution in [0.5, 0.6) is 0 Å².